The molecule has 1 atom stereocenters. The first-order valence-electron chi connectivity index (χ1n) is 10.2. The third-order valence-electron chi connectivity index (χ3n) is 5.00. The molecule has 7 nitrogen and oxygen atoms in total. The number of rotatable bonds is 11. The molecule has 6 N–H and O–H groups in total. The summed E-state index contributed by atoms with van der Waals surface area (Å²) in [5, 5.41) is 15.9. The van der Waals surface area contributed by atoms with Gasteiger partial charge in [-0.05, 0) is 55.1 Å². The third kappa shape index (κ3) is 6.88. The van der Waals surface area contributed by atoms with Gasteiger partial charge in [0.15, 0.2) is 0 Å². The van der Waals surface area contributed by atoms with Gasteiger partial charge in [-0.2, -0.15) is 0 Å². The molecule has 3 aromatic rings. The first-order chi connectivity index (χ1) is 14.9. The molecule has 1 heterocycles. The maximum atomic E-state index is 12.9. The first-order valence-corrected chi connectivity index (χ1v) is 11.0. The number of halogens is 1. The minimum absolute atomic E-state index is 0.0728. The second-order valence-corrected chi connectivity index (χ2v) is 8.42. The highest BCUT2D eigenvalue weighted by Gasteiger charge is 2.11. The standard InChI is InChI=1S/C22H27FN4O3S/c23-16-5-1-14(2-6-16)3-7-17(24)13-19(29)26-12-11-25-10-9-15-4-8-18(28)20-21(15)31-22(30)27-20/h1-2,4-6,8,17,25,28H,3,7,9-13,24H2,(H,26,29)(H,27,30). The van der Waals surface area contributed by atoms with E-state index < -0.39 is 0 Å². The summed E-state index contributed by atoms with van der Waals surface area (Å²) in [6.45, 7) is 1.78. The minimum Gasteiger partial charge on any atom is -0.506 e. The molecular formula is C22H27FN4O3S. The van der Waals surface area contributed by atoms with E-state index in [0.29, 0.717) is 44.4 Å². The van der Waals surface area contributed by atoms with Gasteiger partial charge in [0.25, 0.3) is 0 Å². The highest BCUT2D eigenvalue weighted by atomic mass is 32.1. The maximum Gasteiger partial charge on any atom is 0.305 e. The molecule has 2 aromatic carbocycles. The molecule has 0 saturated carbocycles. The fraction of sp³-hybridized carbons (Fsp3) is 0.364. The van der Waals surface area contributed by atoms with Gasteiger partial charge in [-0.3, -0.25) is 9.59 Å². The number of hydrogen-bond donors (Lipinski definition) is 5. The van der Waals surface area contributed by atoms with Crippen LogP contribution in [0, 0.1) is 5.82 Å². The van der Waals surface area contributed by atoms with Gasteiger partial charge < -0.3 is 26.5 Å². The second-order valence-electron chi connectivity index (χ2n) is 7.44. The molecule has 0 aliphatic rings. The lowest BCUT2D eigenvalue weighted by Gasteiger charge is -2.12. The van der Waals surface area contributed by atoms with Crippen LogP contribution in [0.4, 0.5) is 4.39 Å². The molecule has 1 aromatic heterocycles. The molecule has 0 bridgehead atoms. The number of aryl methyl sites for hydroxylation is 1. The number of carbonyl (C=O) groups is 1. The number of thiazole rings is 1. The topological polar surface area (TPSA) is 120 Å². The summed E-state index contributed by atoms with van der Waals surface area (Å²) in [5.41, 5.74) is 8.50. The van der Waals surface area contributed by atoms with Crippen molar-refractivity contribution in [2.24, 2.45) is 5.73 Å². The Hall–Kier alpha value is -2.75. The van der Waals surface area contributed by atoms with Crippen molar-refractivity contribution in [3.63, 3.8) is 0 Å². The number of H-pyrrole nitrogens is 1. The van der Waals surface area contributed by atoms with E-state index in [1.54, 1.807) is 18.2 Å². The Morgan fingerprint density at radius 1 is 1.13 bits per heavy atom. The summed E-state index contributed by atoms with van der Waals surface area (Å²) in [5.74, 6) is -0.284. The number of hydrogen-bond acceptors (Lipinski definition) is 6. The van der Waals surface area contributed by atoms with Crippen molar-refractivity contribution >= 4 is 27.5 Å². The fourth-order valence-corrected chi connectivity index (χ4v) is 4.22. The molecule has 0 saturated heterocycles. The zero-order chi connectivity index (χ0) is 22.2. The summed E-state index contributed by atoms with van der Waals surface area (Å²) in [6, 6.07) is 9.46. The number of aromatic nitrogens is 1. The van der Waals surface area contributed by atoms with Crippen molar-refractivity contribution in [3.05, 3.63) is 63.0 Å². The average Bonchev–Trinajstić information content (AvgIpc) is 3.14. The number of phenolic OH excluding ortho intramolecular Hbond substituents is 1. The van der Waals surface area contributed by atoms with Gasteiger partial charge in [0, 0.05) is 25.6 Å². The minimum atomic E-state index is -0.265. The van der Waals surface area contributed by atoms with Gasteiger partial charge in [0.05, 0.1) is 4.70 Å². The van der Waals surface area contributed by atoms with Gasteiger partial charge in [-0.15, -0.1) is 0 Å². The van der Waals surface area contributed by atoms with Crippen LogP contribution in [0.3, 0.4) is 0 Å². The average molecular weight is 447 g/mol. The Morgan fingerprint density at radius 3 is 2.68 bits per heavy atom. The van der Waals surface area contributed by atoms with E-state index in [2.05, 4.69) is 15.6 Å². The van der Waals surface area contributed by atoms with Crippen molar-refractivity contribution in [2.45, 2.75) is 31.7 Å². The fourth-order valence-electron chi connectivity index (χ4n) is 3.32. The van der Waals surface area contributed by atoms with Crippen molar-refractivity contribution < 1.29 is 14.3 Å². The smallest absolute Gasteiger partial charge is 0.305 e. The first kappa shape index (κ1) is 22.9. The van der Waals surface area contributed by atoms with Crippen molar-refractivity contribution in [2.75, 3.05) is 19.6 Å². The number of nitrogens with two attached hydrogens (primary N) is 1. The number of fused-ring (bicyclic) bond motifs is 1. The summed E-state index contributed by atoms with van der Waals surface area (Å²) in [6.07, 6.45) is 2.31. The normalized spacial score (nSPS) is 12.2. The summed E-state index contributed by atoms with van der Waals surface area (Å²) >= 11 is 1.09. The monoisotopic (exact) mass is 446 g/mol. The van der Waals surface area contributed by atoms with E-state index in [9.17, 15) is 19.1 Å². The zero-order valence-corrected chi connectivity index (χ0v) is 17.9. The predicted molar refractivity (Wildman–Crippen MR) is 121 cm³/mol. The molecular weight excluding hydrogens is 419 g/mol. The Kier molecular flexibility index (Phi) is 8.16. The third-order valence-corrected chi connectivity index (χ3v) is 5.96. The zero-order valence-electron chi connectivity index (χ0n) is 17.1. The molecule has 0 spiro atoms. The second kappa shape index (κ2) is 11.0. The molecule has 1 unspecified atom stereocenters. The van der Waals surface area contributed by atoms with Crippen molar-refractivity contribution in [1.82, 2.24) is 15.6 Å². The summed E-state index contributed by atoms with van der Waals surface area (Å²) < 4.78 is 13.7. The van der Waals surface area contributed by atoms with Gasteiger partial charge in [0.2, 0.25) is 5.91 Å². The van der Waals surface area contributed by atoms with Gasteiger partial charge >= 0.3 is 4.87 Å². The molecule has 31 heavy (non-hydrogen) atoms. The van der Waals surface area contributed by atoms with Crippen LogP contribution < -0.4 is 21.2 Å². The number of benzene rings is 2. The molecule has 0 fully saturated rings. The number of aromatic hydroxyl groups is 1. The van der Waals surface area contributed by atoms with E-state index in [-0.39, 0.29) is 34.8 Å². The molecule has 0 radical (unpaired) electrons. The largest absolute Gasteiger partial charge is 0.506 e. The van der Waals surface area contributed by atoms with Crippen molar-refractivity contribution in [3.8, 4) is 5.75 Å². The molecule has 166 valence electrons. The number of amides is 1. The number of carbonyl (C=O) groups excluding carboxylic acids is 1. The van der Waals surface area contributed by atoms with E-state index in [4.69, 9.17) is 5.73 Å². The van der Waals surface area contributed by atoms with Crippen LogP contribution in [-0.4, -0.2) is 41.7 Å². The van der Waals surface area contributed by atoms with Crippen molar-refractivity contribution in [1.29, 1.82) is 0 Å². The molecule has 0 aliphatic heterocycles. The molecule has 1 amide bonds. The molecule has 3 rings (SSSR count). The highest BCUT2D eigenvalue weighted by Crippen LogP contribution is 2.27. The van der Waals surface area contributed by atoms with Gasteiger partial charge in [-0.1, -0.05) is 29.5 Å². The lowest BCUT2D eigenvalue weighted by atomic mass is 10.0. The molecule has 0 aliphatic carbocycles. The highest BCUT2D eigenvalue weighted by molar-refractivity contribution is 7.16. The summed E-state index contributed by atoms with van der Waals surface area (Å²) in [7, 11) is 0. The summed E-state index contributed by atoms with van der Waals surface area (Å²) in [4.78, 5) is 26.0. The Labute approximate surface area is 183 Å². The number of phenols is 1. The Bertz CT molecular complexity index is 1060. The van der Waals surface area contributed by atoms with E-state index >= 15 is 0 Å². The number of aromatic amines is 1. The van der Waals surface area contributed by atoms with E-state index in [1.807, 2.05) is 6.07 Å². The van der Waals surface area contributed by atoms with Crippen LogP contribution in [0.5, 0.6) is 5.75 Å². The van der Waals surface area contributed by atoms with Crippen LogP contribution >= 0.6 is 11.3 Å². The lowest BCUT2D eigenvalue weighted by Crippen LogP contribution is -2.36. The quantitative estimate of drug-likeness (QED) is 0.289. The van der Waals surface area contributed by atoms with Crippen LogP contribution in [0.1, 0.15) is 24.0 Å². The van der Waals surface area contributed by atoms with Crippen LogP contribution in [-0.2, 0) is 17.6 Å². The number of nitrogens with one attached hydrogen (secondary N) is 3. The Balaban J connectivity index is 1.30. The van der Waals surface area contributed by atoms with Crippen LogP contribution in [0.25, 0.3) is 10.2 Å². The lowest BCUT2D eigenvalue weighted by molar-refractivity contribution is -0.121. The van der Waals surface area contributed by atoms with Crippen LogP contribution in [0.2, 0.25) is 0 Å². The predicted octanol–water partition coefficient (Wildman–Crippen LogP) is 2.03. The Morgan fingerprint density at radius 2 is 1.90 bits per heavy atom. The molecule has 9 heteroatoms. The van der Waals surface area contributed by atoms with E-state index in [1.165, 1.54) is 12.1 Å². The maximum absolute atomic E-state index is 12.9. The van der Waals surface area contributed by atoms with Crippen LogP contribution in [0.15, 0.2) is 41.2 Å². The van der Waals surface area contributed by atoms with Gasteiger partial charge in [0.1, 0.15) is 17.1 Å². The van der Waals surface area contributed by atoms with Gasteiger partial charge in [-0.25, -0.2) is 4.39 Å². The van der Waals surface area contributed by atoms with E-state index in [0.717, 1.165) is 27.2 Å². The SMILES string of the molecule is NC(CCc1ccc(F)cc1)CC(=O)NCCNCCc1ccc(O)c2[nH]c(=O)sc12.